The summed E-state index contributed by atoms with van der Waals surface area (Å²) in [6.45, 7) is -0.435. The lowest BCUT2D eigenvalue weighted by molar-refractivity contribution is -0.119. The molecule has 1 aromatic carbocycles. The fourth-order valence-corrected chi connectivity index (χ4v) is 4.04. The average molecular weight is 361 g/mol. The number of para-hydroxylation sites is 1. The van der Waals surface area contributed by atoms with E-state index in [0.717, 1.165) is 25.7 Å². The summed E-state index contributed by atoms with van der Waals surface area (Å²) in [7, 11) is 0. The van der Waals surface area contributed by atoms with Gasteiger partial charge in [-0.15, -0.1) is 11.3 Å². The molecule has 0 spiro atoms. The van der Waals surface area contributed by atoms with Crippen molar-refractivity contribution in [1.82, 2.24) is 0 Å². The van der Waals surface area contributed by atoms with Crippen molar-refractivity contribution in [3.05, 3.63) is 51.5 Å². The molecule has 1 amide bonds. The van der Waals surface area contributed by atoms with Gasteiger partial charge in [0.25, 0.3) is 5.91 Å². The van der Waals surface area contributed by atoms with Crippen LogP contribution in [0.25, 0.3) is 0 Å². The Morgan fingerprint density at radius 1 is 1.12 bits per heavy atom. The fraction of sp³-hybridized carbons (Fsp3) is 0.368. The molecule has 1 aliphatic carbocycles. The quantitative estimate of drug-likeness (QED) is 0.824. The number of carbonyl (C=O) groups excluding carboxylic acids is 2. The number of amides is 1. The first kappa shape index (κ1) is 17.6. The zero-order valence-electron chi connectivity index (χ0n) is 13.8. The Bertz CT molecular complexity index is 746. The van der Waals surface area contributed by atoms with Crippen LogP contribution in [0.4, 0.5) is 10.1 Å². The Balaban J connectivity index is 1.56. The van der Waals surface area contributed by atoms with Crippen molar-refractivity contribution in [3.8, 4) is 0 Å². The van der Waals surface area contributed by atoms with Crippen molar-refractivity contribution < 1.29 is 18.7 Å². The van der Waals surface area contributed by atoms with E-state index < -0.39 is 24.3 Å². The Hall–Kier alpha value is -2.21. The fourth-order valence-electron chi connectivity index (χ4n) is 2.90. The zero-order chi connectivity index (χ0) is 17.6. The van der Waals surface area contributed by atoms with Gasteiger partial charge in [-0.2, -0.15) is 0 Å². The van der Waals surface area contributed by atoms with Gasteiger partial charge >= 0.3 is 5.97 Å². The highest BCUT2D eigenvalue weighted by molar-refractivity contribution is 7.14. The lowest BCUT2D eigenvalue weighted by Gasteiger charge is -2.07. The first-order valence-electron chi connectivity index (χ1n) is 8.46. The molecule has 4 nitrogen and oxygen atoms in total. The minimum atomic E-state index is -0.562. The van der Waals surface area contributed by atoms with Crippen LogP contribution in [-0.2, 0) is 22.4 Å². The lowest BCUT2D eigenvalue weighted by Crippen LogP contribution is -2.21. The first-order chi connectivity index (χ1) is 12.1. The summed E-state index contributed by atoms with van der Waals surface area (Å²) in [6.07, 6.45) is 6.74. The number of esters is 1. The second-order valence-corrected chi connectivity index (χ2v) is 7.21. The average Bonchev–Trinajstić information content (AvgIpc) is 2.97. The number of hydrogen-bond donors (Lipinski definition) is 1. The van der Waals surface area contributed by atoms with Crippen molar-refractivity contribution >= 4 is 28.9 Å². The van der Waals surface area contributed by atoms with Gasteiger partial charge in [-0.05, 0) is 49.4 Å². The Morgan fingerprint density at radius 2 is 1.88 bits per heavy atom. The van der Waals surface area contributed by atoms with Gasteiger partial charge in [-0.3, -0.25) is 4.79 Å². The smallest absolute Gasteiger partial charge is 0.348 e. The Morgan fingerprint density at radius 3 is 2.68 bits per heavy atom. The highest BCUT2D eigenvalue weighted by Gasteiger charge is 2.18. The van der Waals surface area contributed by atoms with Crippen LogP contribution in [0, 0.1) is 5.82 Å². The zero-order valence-corrected chi connectivity index (χ0v) is 14.7. The van der Waals surface area contributed by atoms with E-state index in [1.165, 1.54) is 52.8 Å². The van der Waals surface area contributed by atoms with E-state index in [4.69, 9.17) is 4.74 Å². The van der Waals surface area contributed by atoms with E-state index in [9.17, 15) is 14.0 Å². The number of nitrogens with one attached hydrogen (secondary N) is 1. The standard InChI is InChI=1S/C19H20FNO3S/c20-14-8-5-6-9-15(14)21-18(22)12-24-19(23)17-11-13-7-3-1-2-4-10-16(13)25-17/h5-6,8-9,11H,1-4,7,10,12H2,(H,21,22). The van der Waals surface area contributed by atoms with Crippen LogP contribution in [0.2, 0.25) is 0 Å². The number of thiophene rings is 1. The van der Waals surface area contributed by atoms with Gasteiger partial charge in [0.05, 0.1) is 5.69 Å². The number of anilines is 1. The van der Waals surface area contributed by atoms with E-state index in [0.29, 0.717) is 4.88 Å². The maximum Gasteiger partial charge on any atom is 0.348 e. The summed E-state index contributed by atoms with van der Waals surface area (Å²) >= 11 is 1.46. The number of carbonyl (C=O) groups is 2. The van der Waals surface area contributed by atoms with Crippen LogP contribution in [-0.4, -0.2) is 18.5 Å². The third-order valence-electron chi connectivity index (χ3n) is 4.18. The van der Waals surface area contributed by atoms with Crippen LogP contribution in [0.5, 0.6) is 0 Å². The highest BCUT2D eigenvalue weighted by Crippen LogP contribution is 2.28. The molecule has 0 saturated heterocycles. The molecule has 132 valence electrons. The molecule has 2 aromatic rings. The Labute approximate surface area is 150 Å². The topological polar surface area (TPSA) is 55.4 Å². The maximum atomic E-state index is 13.5. The Kier molecular flexibility index (Phi) is 5.81. The molecule has 1 aliphatic rings. The molecule has 25 heavy (non-hydrogen) atoms. The van der Waals surface area contributed by atoms with Crippen molar-refractivity contribution in [2.24, 2.45) is 0 Å². The van der Waals surface area contributed by atoms with Gasteiger partial charge in [0, 0.05) is 4.88 Å². The molecule has 0 bridgehead atoms. The minimum absolute atomic E-state index is 0.0719. The molecule has 0 atom stereocenters. The summed E-state index contributed by atoms with van der Waals surface area (Å²) in [5.74, 6) is -1.59. The number of halogens is 1. The van der Waals surface area contributed by atoms with Crippen LogP contribution < -0.4 is 5.32 Å². The summed E-state index contributed by atoms with van der Waals surface area (Å²) in [5.41, 5.74) is 1.30. The van der Waals surface area contributed by atoms with E-state index in [2.05, 4.69) is 5.32 Å². The molecule has 0 unspecified atom stereocenters. The predicted molar refractivity (Wildman–Crippen MR) is 95.5 cm³/mol. The summed E-state index contributed by atoms with van der Waals surface area (Å²) in [5, 5.41) is 2.39. The summed E-state index contributed by atoms with van der Waals surface area (Å²) < 4.78 is 18.6. The van der Waals surface area contributed by atoms with Gasteiger partial charge in [0.1, 0.15) is 10.7 Å². The van der Waals surface area contributed by atoms with E-state index in [1.807, 2.05) is 6.07 Å². The van der Waals surface area contributed by atoms with Crippen molar-refractivity contribution in [3.63, 3.8) is 0 Å². The molecule has 1 heterocycles. The summed E-state index contributed by atoms with van der Waals surface area (Å²) in [4.78, 5) is 25.8. The monoisotopic (exact) mass is 361 g/mol. The predicted octanol–water partition coefficient (Wildman–Crippen LogP) is 4.34. The summed E-state index contributed by atoms with van der Waals surface area (Å²) in [6, 6.07) is 7.75. The molecule has 0 aliphatic heterocycles. The van der Waals surface area contributed by atoms with E-state index in [1.54, 1.807) is 6.07 Å². The molecule has 1 N–H and O–H groups in total. The SMILES string of the molecule is O=C(COC(=O)c1cc2c(s1)CCCCCC2)Nc1ccccc1F. The number of ether oxygens (including phenoxy) is 1. The number of aryl methyl sites for hydroxylation is 2. The maximum absolute atomic E-state index is 13.5. The minimum Gasteiger partial charge on any atom is -0.451 e. The second-order valence-electron chi connectivity index (χ2n) is 6.08. The molecule has 0 saturated carbocycles. The van der Waals surface area contributed by atoms with Gasteiger partial charge in [-0.1, -0.05) is 25.0 Å². The number of fused-ring (bicyclic) bond motifs is 1. The number of hydrogen-bond acceptors (Lipinski definition) is 4. The van der Waals surface area contributed by atoms with Gasteiger partial charge in [0.15, 0.2) is 6.61 Å². The van der Waals surface area contributed by atoms with Crippen LogP contribution >= 0.6 is 11.3 Å². The van der Waals surface area contributed by atoms with Crippen LogP contribution in [0.1, 0.15) is 45.8 Å². The number of benzene rings is 1. The van der Waals surface area contributed by atoms with Gasteiger partial charge < -0.3 is 10.1 Å². The third-order valence-corrected chi connectivity index (χ3v) is 5.40. The van der Waals surface area contributed by atoms with Crippen LogP contribution in [0.3, 0.4) is 0 Å². The van der Waals surface area contributed by atoms with E-state index in [-0.39, 0.29) is 5.69 Å². The highest BCUT2D eigenvalue weighted by atomic mass is 32.1. The normalized spacial score (nSPS) is 14.1. The van der Waals surface area contributed by atoms with Gasteiger partial charge in [0.2, 0.25) is 0 Å². The van der Waals surface area contributed by atoms with Gasteiger partial charge in [-0.25, -0.2) is 9.18 Å². The largest absolute Gasteiger partial charge is 0.451 e. The molecular weight excluding hydrogens is 341 g/mol. The van der Waals surface area contributed by atoms with Crippen molar-refractivity contribution in [2.45, 2.75) is 38.5 Å². The number of rotatable bonds is 4. The van der Waals surface area contributed by atoms with Crippen molar-refractivity contribution in [1.29, 1.82) is 0 Å². The lowest BCUT2D eigenvalue weighted by atomic mass is 10.00. The molecule has 3 rings (SSSR count). The first-order valence-corrected chi connectivity index (χ1v) is 9.28. The molecule has 0 fully saturated rings. The van der Waals surface area contributed by atoms with E-state index >= 15 is 0 Å². The molecular formula is C19H20FNO3S. The third kappa shape index (κ3) is 4.66. The van der Waals surface area contributed by atoms with Crippen molar-refractivity contribution in [2.75, 3.05) is 11.9 Å². The van der Waals surface area contributed by atoms with Crippen LogP contribution in [0.15, 0.2) is 30.3 Å². The molecule has 1 aromatic heterocycles. The second kappa shape index (κ2) is 8.25. The molecule has 0 radical (unpaired) electrons. The molecule has 6 heteroatoms.